The quantitative estimate of drug-likeness (QED) is 0.610. The van der Waals surface area contributed by atoms with Crippen LogP contribution in [0.15, 0.2) is 6.07 Å². The van der Waals surface area contributed by atoms with Gasteiger partial charge in [0.1, 0.15) is 11.4 Å². The SMILES string of the molecule is C#CCCNc1nc2c(cc1C(=O)O)CCC2. The number of terminal acetylenes is 1. The van der Waals surface area contributed by atoms with Crippen LogP contribution < -0.4 is 5.32 Å². The van der Waals surface area contributed by atoms with Crippen molar-refractivity contribution in [2.45, 2.75) is 25.7 Å². The highest BCUT2D eigenvalue weighted by molar-refractivity contribution is 5.93. The molecule has 0 aromatic carbocycles. The fourth-order valence-electron chi connectivity index (χ4n) is 2.02. The van der Waals surface area contributed by atoms with Crippen molar-refractivity contribution >= 4 is 11.8 Å². The number of aryl methyl sites for hydroxylation is 2. The Labute approximate surface area is 100 Å². The normalized spacial score (nSPS) is 12.9. The number of pyridine rings is 1. The van der Waals surface area contributed by atoms with Crippen molar-refractivity contribution in [2.24, 2.45) is 0 Å². The highest BCUT2D eigenvalue weighted by Crippen LogP contribution is 2.25. The van der Waals surface area contributed by atoms with Gasteiger partial charge in [0.2, 0.25) is 0 Å². The summed E-state index contributed by atoms with van der Waals surface area (Å²) >= 11 is 0. The Morgan fingerprint density at radius 2 is 2.41 bits per heavy atom. The molecule has 0 saturated carbocycles. The van der Waals surface area contributed by atoms with Gasteiger partial charge in [0.15, 0.2) is 0 Å². The zero-order chi connectivity index (χ0) is 12.3. The number of nitrogens with one attached hydrogen (secondary N) is 1. The molecule has 0 atom stereocenters. The zero-order valence-electron chi connectivity index (χ0n) is 9.49. The first-order valence-electron chi connectivity index (χ1n) is 5.66. The summed E-state index contributed by atoms with van der Waals surface area (Å²) in [6, 6.07) is 1.73. The summed E-state index contributed by atoms with van der Waals surface area (Å²) in [5, 5.41) is 12.1. The van der Waals surface area contributed by atoms with E-state index in [0.29, 0.717) is 18.8 Å². The average Bonchev–Trinajstić information content (AvgIpc) is 2.75. The number of carboxylic acids is 1. The molecule has 0 saturated heterocycles. The molecule has 0 fully saturated rings. The van der Waals surface area contributed by atoms with Gasteiger partial charge >= 0.3 is 5.97 Å². The van der Waals surface area contributed by atoms with Crippen molar-refractivity contribution in [3.63, 3.8) is 0 Å². The van der Waals surface area contributed by atoms with Crippen LogP contribution in [0.5, 0.6) is 0 Å². The number of carbonyl (C=O) groups is 1. The molecule has 0 bridgehead atoms. The summed E-state index contributed by atoms with van der Waals surface area (Å²) in [6.07, 6.45) is 8.61. The van der Waals surface area contributed by atoms with Crippen molar-refractivity contribution in [1.29, 1.82) is 0 Å². The van der Waals surface area contributed by atoms with E-state index in [0.717, 1.165) is 30.5 Å². The summed E-state index contributed by atoms with van der Waals surface area (Å²) in [6.45, 7) is 0.544. The van der Waals surface area contributed by atoms with Gasteiger partial charge in [-0.3, -0.25) is 0 Å². The number of aromatic nitrogens is 1. The number of carboxylic acid groups (broad SMARTS) is 1. The Hall–Kier alpha value is -2.02. The molecule has 1 aliphatic carbocycles. The average molecular weight is 230 g/mol. The lowest BCUT2D eigenvalue weighted by Crippen LogP contribution is -2.11. The summed E-state index contributed by atoms with van der Waals surface area (Å²) in [5.74, 6) is 1.99. The van der Waals surface area contributed by atoms with E-state index in [2.05, 4.69) is 16.2 Å². The van der Waals surface area contributed by atoms with E-state index in [1.54, 1.807) is 6.07 Å². The smallest absolute Gasteiger partial charge is 0.339 e. The van der Waals surface area contributed by atoms with E-state index in [9.17, 15) is 4.79 Å². The fraction of sp³-hybridized carbons (Fsp3) is 0.385. The van der Waals surface area contributed by atoms with Gasteiger partial charge in [-0.2, -0.15) is 0 Å². The Morgan fingerprint density at radius 3 is 3.12 bits per heavy atom. The molecule has 0 radical (unpaired) electrons. The lowest BCUT2D eigenvalue weighted by Gasteiger charge is -2.09. The molecule has 2 rings (SSSR count). The van der Waals surface area contributed by atoms with Crippen LogP contribution in [-0.2, 0) is 12.8 Å². The maximum atomic E-state index is 11.1. The molecular formula is C13H14N2O2. The van der Waals surface area contributed by atoms with Crippen LogP contribution in [0.2, 0.25) is 0 Å². The number of hydrogen-bond acceptors (Lipinski definition) is 3. The molecule has 0 spiro atoms. The van der Waals surface area contributed by atoms with Gasteiger partial charge in [-0.1, -0.05) is 0 Å². The fourth-order valence-corrected chi connectivity index (χ4v) is 2.02. The molecule has 1 aromatic heterocycles. The number of hydrogen-bond donors (Lipinski definition) is 2. The molecule has 4 nitrogen and oxygen atoms in total. The van der Waals surface area contributed by atoms with Crippen molar-refractivity contribution < 1.29 is 9.90 Å². The van der Waals surface area contributed by atoms with E-state index < -0.39 is 5.97 Å². The first kappa shape index (κ1) is 11.5. The van der Waals surface area contributed by atoms with Crippen LogP contribution in [0, 0.1) is 12.3 Å². The summed E-state index contributed by atoms with van der Waals surface area (Å²) in [7, 11) is 0. The first-order chi connectivity index (χ1) is 8.22. The highest BCUT2D eigenvalue weighted by atomic mass is 16.4. The van der Waals surface area contributed by atoms with E-state index in [1.165, 1.54) is 0 Å². The zero-order valence-corrected chi connectivity index (χ0v) is 9.49. The maximum Gasteiger partial charge on any atom is 0.339 e. The van der Waals surface area contributed by atoms with Crippen molar-refractivity contribution in [1.82, 2.24) is 4.98 Å². The number of anilines is 1. The number of aromatic carboxylic acids is 1. The van der Waals surface area contributed by atoms with Crippen molar-refractivity contribution in [3.8, 4) is 12.3 Å². The number of rotatable bonds is 4. The largest absolute Gasteiger partial charge is 0.478 e. The maximum absolute atomic E-state index is 11.1. The molecule has 1 aliphatic rings. The monoisotopic (exact) mass is 230 g/mol. The van der Waals surface area contributed by atoms with E-state index in [4.69, 9.17) is 11.5 Å². The van der Waals surface area contributed by atoms with E-state index >= 15 is 0 Å². The van der Waals surface area contributed by atoms with Crippen LogP contribution in [0.1, 0.15) is 34.5 Å². The Morgan fingerprint density at radius 1 is 1.59 bits per heavy atom. The molecule has 88 valence electrons. The van der Waals surface area contributed by atoms with Gasteiger partial charge in [0.25, 0.3) is 0 Å². The van der Waals surface area contributed by atoms with E-state index in [-0.39, 0.29) is 5.56 Å². The van der Waals surface area contributed by atoms with Gasteiger partial charge < -0.3 is 10.4 Å². The second-order valence-corrected chi connectivity index (χ2v) is 4.03. The predicted molar refractivity (Wildman–Crippen MR) is 65.2 cm³/mol. The molecule has 0 aliphatic heterocycles. The van der Waals surface area contributed by atoms with Gasteiger partial charge in [-0.15, -0.1) is 12.3 Å². The molecule has 4 heteroatoms. The summed E-state index contributed by atoms with van der Waals surface area (Å²) < 4.78 is 0. The van der Waals surface area contributed by atoms with Crippen LogP contribution >= 0.6 is 0 Å². The third-order valence-electron chi connectivity index (χ3n) is 2.84. The Bertz CT molecular complexity index is 489. The van der Waals surface area contributed by atoms with Crippen molar-refractivity contribution in [3.05, 3.63) is 22.9 Å². The minimum Gasteiger partial charge on any atom is -0.478 e. The number of fused-ring (bicyclic) bond motifs is 1. The van der Waals surface area contributed by atoms with Gasteiger partial charge in [-0.25, -0.2) is 9.78 Å². The second kappa shape index (κ2) is 4.88. The predicted octanol–water partition coefficient (Wildman–Crippen LogP) is 1.70. The lowest BCUT2D eigenvalue weighted by molar-refractivity contribution is 0.0697. The van der Waals surface area contributed by atoms with Crippen LogP contribution in [-0.4, -0.2) is 22.6 Å². The van der Waals surface area contributed by atoms with Crippen LogP contribution in [0.3, 0.4) is 0 Å². The molecule has 0 amide bonds. The number of nitrogens with zero attached hydrogens (tertiary/aromatic N) is 1. The molecule has 0 unspecified atom stereocenters. The standard InChI is InChI=1S/C13H14N2O2/c1-2-3-7-14-12-10(13(16)17)8-9-5-4-6-11(9)15-12/h1,8H,3-7H2,(H,14,15)(H,16,17). The lowest BCUT2D eigenvalue weighted by atomic mass is 10.1. The minimum atomic E-state index is -0.949. The Kier molecular flexibility index (Phi) is 3.29. The highest BCUT2D eigenvalue weighted by Gasteiger charge is 2.19. The van der Waals surface area contributed by atoms with Crippen LogP contribution in [0.4, 0.5) is 5.82 Å². The van der Waals surface area contributed by atoms with Crippen molar-refractivity contribution in [2.75, 3.05) is 11.9 Å². The molecule has 1 heterocycles. The topological polar surface area (TPSA) is 62.2 Å². The summed E-state index contributed by atoms with van der Waals surface area (Å²) in [5.41, 5.74) is 2.31. The molecule has 1 aromatic rings. The molecule has 17 heavy (non-hydrogen) atoms. The van der Waals surface area contributed by atoms with E-state index in [1.807, 2.05) is 0 Å². The summed E-state index contributed by atoms with van der Waals surface area (Å²) in [4.78, 5) is 15.5. The van der Waals surface area contributed by atoms with Gasteiger partial charge in [0.05, 0.1) is 0 Å². The first-order valence-corrected chi connectivity index (χ1v) is 5.66. The third-order valence-corrected chi connectivity index (χ3v) is 2.84. The van der Waals surface area contributed by atoms with Gasteiger partial charge in [-0.05, 0) is 30.9 Å². The molecule has 2 N–H and O–H groups in total. The van der Waals surface area contributed by atoms with Gasteiger partial charge in [0, 0.05) is 18.7 Å². The second-order valence-electron chi connectivity index (χ2n) is 4.03. The minimum absolute atomic E-state index is 0.239. The Balaban J connectivity index is 2.29. The molecular weight excluding hydrogens is 216 g/mol. The van der Waals surface area contributed by atoms with Crippen LogP contribution in [0.25, 0.3) is 0 Å². The third kappa shape index (κ3) is 2.39.